The van der Waals surface area contributed by atoms with E-state index < -0.39 is 11.9 Å². The van der Waals surface area contributed by atoms with Crippen molar-refractivity contribution in [1.29, 1.82) is 0 Å². The second-order valence-electron chi connectivity index (χ2n) is 7.67. The molecule has 12 heteroatoms. The van der Waals surface area contributed by atoms with Crippen LogP contribution in [0.2, 0.25) is 0 Å². The van der Waals surface area contributed by atoms with Gasteiger partial charge in [-0.15, -0.1) is 0 Å². The molecule has 0 fully saturated rings. The van der Waals surface area contributed by atoms with Gasteiger partial charge in [0.2, 0.25) is 0 Å². The zero-order valence-electron chi connectivity index (χ0n) is 19.9. The zero-order valence-corrected chi connectivity index (χ0v) is 19.9. The molecule has 190 valence electrons. The molecule has 4 rings (SSSR count). The lowest BCUT2D eigenvalue weighted by Crippen LogP contribution is -2.09. The first-order valence-corrected chi connectivity index (χ1v) is 10.9. The number of aliphatic carboxylic acids is 2. The van der Waals surface area contributed by atoms with Gasteiger partial charge in [0.15, 0.2) is 0 Å². The van der Waals surface area contributed by atoms with Crippen LogP contribution in [0.4, 0.5) is 21.8 Å². The number of nitrogens with one attached hydrogen (secondary N) is 2. The highest BCUT2D eigenvalue weighted by molar-refractivity contribution is 5.89. The van der Waals surface area contributed by atoms with Gasteiger partial charge >= 0.3 is 11.9 Å². The van der Waals surface area contributed by atoms with E-state index in [4.69, 9.17) is 10.2 Å². The molecule has 0 radical (unpaired) electrons. The topological polar surface area (TPSA) is 155 Å². The first-order chi connectivity index (χ1) is 17.7. The first kappa shape index (κ1) is 26.5. The molecule has 0 aliphatic carbocycles. The van der Waals surface area contributed by atoms with Crippen LogP contribution < -0.4 is 10.6 Å². The quantitative estimate of drug-likeness (QED) is 0.258. The Morgan fingerprint density at radius 3 is 2.22 bits per heavy atom. The van der Waals surface area contributed by atoms with Gasteiger partial charge in [-0.25, -0.2) is 23.9 Å². The van der Waals surface area contributed by atoms with E-state index in [1.54, 1.807) is 41.6 Å². The van der Waals surface area contributed by atoms with Crippen molar-refractivity contribution in [3.8, 4) is 11.1 Å². The Hall–Kier alpha value is -5.13. The molecule has 3 heterocycles. The molecule has 0 bridgehead atoms. The van der Waals surface area contributed by atoms with Crippen LogP contribution in [0.3, 0.4) is 0 Å². The van der Waals surface area contributed by atoms with Gasteiger partial charge in [0.1, 0.15) is 23.3 Å². The number of anilines is 3. The predicted octanol–water partition coefficient (Wildman–Crippen LogP) is 4.04. The molecule has 0 aliphatic rings. The van der Waals surface area contributed by atoms with Crippen molar-refractivity contribution in [3.63, 3.8) is 0 Å². The van der Waals surface area contributed by atoms with E-state index in [2.05, 4.69) is 30.7 Å². The van der Waals surface area contributed by atoms with Gasteiger partial charge in [0, 0.05) is 49.4 Å². The zero-order chi connectivity index (χ0) is 26.8. The Morgan fingerprint density at radius 1 is 0.973 bits per heavy atom. The third kappa shape index (κ3) is 8.55. The minimum absolute atomic E-state index is 0.0587. The number of aryl methyl sites for hydroxylation is 1. The van der Waals surface area contributed by atoms with Crippen molar-refractivity contribution in [2.24, 2.45) is 7.05 Å². The van der Waals surface area contributed by atoms with E-state index >= 15 is 0 Å². The van der Waals surface area contributed by atoms with Crippen molar-refractivity contribution in [2.45, 2.75) is 13.0 Å². The Balaban J connectivity index is 0.000000414. The van der Waals surface area contributed by atoms with Gasteiger partial charge in [0.05, 0.1) is 12.4 Å². The van der Waals surface area contributed by atoms with Crippen LogP contribution in [-0.2, 0) is 16.6 Å². The van der Waals surface area contributed by atoms with Crippen molar-refractivity contribution in [1.82, 2.24) is 24.7 Å². The summed E-state index contributed by atoms with van der Waals surface area (Å²) in [6.45, 7) is 2.00. The first-order valence-electron chi connectivity index (χ1n) is 10.9. The highest BCUT2D eigenvalue weighted by atomic mass is 19.1. The average Bonchev–Trinajstić information content (AvgIpc) is 3.30. The van der Waals surface area contributed by atoms with Crippen molar-refractivity contribution in [2.75, 3.05) is 10.6 Å². The summed E-state index contributed by atoms with van der Waals surface area (Å²) in [5.41, 5.74) is 2.88. The van der Waals surface area contributed by atoms with E-state index in [0.29, 0.717) is 29.6 Å². The van der Waals surface area contributed by atoms with Gasteiger partial charge in [0.25, 0.3) is 0 Å². The molecule has 11 nitrogen and oxygen atoms in total. The Labute approximate surface area is 211 Å². The summed E-state index contributed by atoms with van der Waals surface area (Å²) in [5.74, 6) is -0.871. The van der Waals surface area contributed by atoms with Crippen molar-refractivity contribution >= 4 is 29.4 Å². The van der Waals surface area contributed by atoms with Crippen LogP contribution in [0.25, 0.3) is 11.1 Å². The summed E-state index contributed by atoms with van der Waals surface area (Å²) in [6.07, 6.45) is 9.71. The molecule has 1 aromatic carbocycles. The molecule has 4 N–H and O–H groups in total. The predicted molar refractivity (Wildman–Crippen MR) is 135 cm³/mol. The van der Waals surface area contributed by atoms with Gasteiger partial charge in [-0.3, -0.25) is 9.67 Å². The highest BCUT2D eigenvalue weighted by Gasteiger charge is 2.11. The molecular weight excluding hydrogens is 481 g/mol. The monoisotopic (exact) mass is 505 g/mol. The lowest BCUT2D eigenvalue weighted by atomic mass is 10.1. The van der Waals surface area contributed by atoms with E-state index in [0.717, 1.165) is 16.7 Å². The maximum absolute atomic E-state index is 13.2. The van der Waals surface area contributed by atoms with Gasteiger partial charge in [-0.05, 0) is 42.3 Å². The normalized spacial score (nSPS) is 11.3. The molecule has 1 atom stereocenters. The molecule has 0 aliphatic heterocycles. The van der Waals surface area contributed by atoms with Crippen LogP contribution in [-0.4, -0.2) is 46.9 Å². The summed E-state index contributed by atoms with van der Waals surface area (Å²) in [5, 5.41) is 26.4. The number of benzene rings is 1. The number of carboxylic acids is 2. The fourth-order valence-electron chi connectivity index (χ4n) is 3.10. The fraction of sp³-hybridized carbons (Fsp3) is 0.120. The number of hydrogen-bond acceptors (Lipinski definition) is 8. The lowest BCUT2D eigenvalue weighted by molar-refractivity contribution is -0.134. The van der Waals surface area contributed by atoms with Crippen LogP contribution in [0.5, 0.6) is 0 Å². The summed E-state index contributed by atoms with van der Waals surface area (Å²) in [6, 6.07) is 10.3. The smallest absolute Gasteiger partial charge is 0.328 e. The molecule has 0 spiro atoms. The third-order valence-corrected chi connectivity index (χ3v) is 4.79. The lowest BCUT2D eigenvalue weighted by Gasteiger charge is -2.17. The summed E-state index contributed by atoms with van der Waals surface area (Å²) in [7, 11) is 1.87. The van der Waals surface area contributed by atoms with Crippen molar-refractivity contribution < 1.29 is 24.2 Å². The van der Waals surface area contributed by atoms with Crippen LogP contribution >= 0.6 is 0 Å². The number of carbonyl (C=O) groups is 2. The number of carboxylic acid groups (broad SMARTS) is 2. The van der Waals surface area contributed by atoms with Crippen molar-refractivity contribution in [3.05, 3.63) is 90.9 Å². The van der Waals surface area contributed by atoms with Crippen LogP contribution in [0.1, 0.15) is 18.5 Å². The molecule has 3 aromatic heterocycles. The molecule has 4 aromatic rings. The van der Waals surface area contributed by atoms with Gasteiger partial charge in [-0.2, -0.15) is 5.10 Å². The average molecular weight is 506 g/mol. The third-order valence-electron chi connectivity index (χ3n) is 4.79. The van der Waals surface area contributed by atoms with E-state index in [1.807, 2.05) is 32.3 Å². The summed E-state index contributed by atoms with van der Waals surface area (Å²) in [4.78, 5) is 32.1. The van der Waals surface area contributed by atoms with E-state index in [9.17, 15) is 14.0 Å². The van der Waals surface area contributed by atoms with Crippen LogP contribution in [0.15, 0.2) is 79.5 Å². The molecule has 0 amide bonds. The number of hydrogen-bond donors (Lipinski definition) is 4. The number of aromatic nitrogens is 5. The van der Waals surface area contributed by atoms with Gasteiger partial charge < -0.3 is 20.8 Å². The standard InChI is InChI=1S/C21H20FN7.C4H4O4/c1-14(15-3-5-18(22)6-4-15)26-19-9-16(17-11-25-29(2)13-17)10-20(27-19)28-21-12-23-7-8-24-21;5-3(6)1-2-4(7)8/h3-14H,1-2H3,(H2,24,26,27,28);1-2H,(H,5,6)(H,7,8)/t14-;/m0./s1. The number of rotatable bonds is 8. The molecule has 0 saturated heterocycles. The van der Waals surface area contributed by atoms with E-state index in [1.165, 1.54) is 12.1 Å². The number of nitrogens with zero attached hydrogens (tertiary/aromatic N) is 5. The Morgan fingerprint density at radius 2 is 1.65 bits per heavy atom. The molecule has 37 heavy (non-hydrogen) atoms. The fourth-order valence-corrected chi connectivity index (χ4v) is 3.10. The number of pyridine rings is 1. The maximum Gasteiger partial charge on any atom is 0.328 e. The second-order valence-corrected chi connectivity index (χ2v) is 7.67. The number of halogens is 1. The Bertz CT molecular complexity index is 1360. The summed E-state index contributed by atoms with van der Waals surface area (Å²) >= 11 is 0. The van der Waals surface area contributed by atoms with Crippen LogP contribution in [0, 0.1) is 5.82 Å². The molecular formula is C25H24FN7O4. The maximum atomic E-state index is 13.2. The van der Waals surface area contributed by atoms with E-state index in [-0.39, 0.29) is 11.9 Å². The Kier molecular flexibility index (Phi) is 8.97. The second kappa shape index (κ2) is 12.5. The minimum atomic E-state index is -1.26. The molecule has 0 saturated carbocycles. The minimum Gasteiger partial charge on any atom is -0.478 e. The summed E-state index contributed by atoms with van der Waals surface area (Å²) < 4.78 is 15.0. The van der Waals surface area contributed by atoms with Gasteiger partial charge in [-0.1, -0.05) is 12.1 Å². The molecule has 0 unspecified atom stereocenters. The highest BCUT2D eigenvalue weighted by Crippen LogP contribution is 2.28. The largest absolute Gasteiger partial charge is 0.478 e. The SMILES string of the molecule is C[C@H](Nc1cc(-c2cnn(C)c2)cc(Nc2cnccn2)n1)c1ccc(F)cc1.O=C(O)C=CC(=O)O.